The van der Waals surface area contributed by atoms with Crippen LogP contribution in [0, 0.1) is 13.8 Å². The SMILES string of the molecule is Cc1c(C)c(Br)c2c(Br)c(Br)ccc2c1Br. The van der Waals surface area contributed by atoms with Gasteiger partial charge in [-0.2, -0.15) is 0 Å². The van der Waals surface area contributed by atoms with Gasteiger partial charge in [0.25, 0.3) is 0 Å². The Morgan fingerprint density at radius 2 is 1.31 bits per heavy atom. The first kappa shape index (κ1) is 13.1. The third-order valence-corrected chi connectivity index (χ3v) is 6.80. The van der Waals surface area contributed by atoms with Gasteiger partial charge in [-0.1, -0.05) is 6.07 Å². The fraction of sp³-hybridized carbons (Fsp3) is 0.167. The van der Waals surface area contributed by atoms with Crippen LogP contribution in [0.15, 0.2) is 30.0 Å². The highest BCUT2D eigenvalue weighted by atomic mass is 79.9. The maximum atomic E-state index is 3.68. The Bertz CT molecular complexity index is 588. The molecule has 2 rings (SSSR count). The lowest BCUT2D eigenvalue weighted by Crippen LogP contribution is -1.90. The number of fused-ring (bicyclic) bond motifs is 1. The van der Waals surface area contributed by atoms with Crippen LogP contribution >= 0.6 is 63.7 Å². The van der Waals surface area contributed by atoms with Crippen molar-refractivity contribution in [2.75, 3.05) is 0 Å². The molecular formula is C12H8Br4. The van der Waals surface area contributed by atoms with Gasteiger partial charge >= 0.3 is 0 Å². The van der Waals surface area contributed by atoms with E-state index in [1.165, 1.54) is 21.9 Å². The monoisotopic (exact) mass is 468 g/mol. The normalized spacial score (nSPS) is 11.1. The summed E-state index contributed by atoms with van der Waals surface area (Å²) in [5.41, 5.74) is 2.53. The lowest BCUT2D eigenvalue weighted by Gasteiger charge is -2.13. The summed E-state index contributed by atoms with van der Waals surface area (Å²) in [6, 6.07) is 4.17. The minimum Gasteiger partial charge on any atom is -0.0520 e. The average Bonchev–Trinajstić information content (AvgIpc) is 2.27. The van der Waals surface area contributed by atoms with Gasteiger partial charge in [0.1, 0.15) is 0 Å². The van der Waals surface area contributed by atoms with E-state index in [1.807, 2.05) is 0 Å². The van der Waals surface area contributed by atoms with Crippen molar-refractivity contribution >= 4 is 74.5 Å². The quantitative estimate of drug-likeness (QED) is 0.411. The predicted molar refractivity (Wildman–Crippen MR) is 84.2 cm³/mol. The van der Waals surface area contributed by atoms with E-state index in [0.717, 1.165) is 17.9 Å². The van der Waals surface area contributed by atoms with Crippen LogP contribution < -0.4 is 0 Å². The molecule has 0 aliphatic rings. The van der Waals surface area contributed by atoms with Gasteiger partial charge in [0.05, 0.1) is 0 Å². The fourth-order valence-electron chi connectivity index (χ4n) is 1.67. The molecule has 0 bridgehead atoms. The van der Waals surface area contributed by atoms with Crippen molar-refractivity contribution in [2.24, 2.45) is 0 Å². The third kappa shape index (κ3) is 1.92. The standard InChI is InChI=1S/C12H8Br4/c1-5-6(2)11(15)9-7(10(5)14)3-4-8(13)12(9)16/h3-4H,1-2H3. The van der Waals surface area contributed by atoms with E-state index >= 15 is 0 Å². The summed E-state index contributed by atoms with van der Waals surface area (Å²) in [6.07, 6.45) is 0. The molecule has 16 heavy (non-hydrogen) atoms. The van der Waals surface area contributed by atoms with Gasteiger partial charge in [0.2, 0.25) is 0 Å². The number of hydrogen-bond donors (Lipinski definition) is 0. The van der Waals surface area contributed by atoms with Crippen LogP contribution in [0.25, 0.3) is 10.8 Å². The molecule has 0 saturated heterocycles. The van der Waals surface area contributed by atoms with E-state index in [1.54, 1.807) is 0 Å². The molecule has 0 radical (unpaired) electrons. The minimum absolute atomic E-state index is 1.07. The summed E-state index contributed by atoms with van der Waals surface area (Å²) in [7, 11) is 0. The van der Waals surface area contributed by atoms with Crippen molar-refractivity contribution in [2.45, 2.75) is 13.8 Å². The first-order valence-electron chi connectivity index (χ1n) is 4.67. The molecule has 0 aliphatic carbocycles. The van der Waals surface area contributed by atoms with E-state index in [2.05, 4.69) is 89.7 Å². The van der Waals surface area contributed by atoms with Gasteiger partial charge in [0.15, 0.2) is 0 Å². The molecule has 2 aromatic carbocycles. The molecule has 0 aromatic heterocycles. The maximum Gasteiger partial charge on any atom is 0.0407 e. The topological polar surface area (TPSA) is 0 Å². The zero-order valence-corrected chi connectivity index (χ0v) is 15.0. The summed E-state index contributed by atoms with van der Waals surface area (Å²) in [4.78, 5) is 0. The fourth-order valence-corrected chi connectivity index (χ4v) is 4.14. The van der Waals surface area contributed by atoms with Crippen LogP contribution in [-0.4, -0.2) is 0 Å². The number of benzene rings is 2. The largest absolute Gasteiger partial charge is 0.0520 e. The van der Waals surface area contributed by atoms with Crippen molar-refractivity contribution in [1.29, 1.82) is 0 Å². The highest BCUT2D eigenvalue weighted by Crippen LogP contribution is 2.42. The van der Waals surface area contributed by atoms with Crippen LogP contribution in [0.4, 0.5) is 0 Å². The van der Waals surface area contributed by atoms with Crippen molar-refractivity contribution < 1.29 is 0 Å². The lowest BCUT2D eigenvalue weighted by atomic mass is 10.0. The molecule has 0 heterocycles. The summed E-state index contributed by atoms with van der Waals surface area (Å²) in [6.45, 7) is 4.25. The van der Waals surface area contributed by atoms with Crippen LogP contribution in [0.1, 0.15) is 11.1 Å². The van der Waals surface area contributed by atoms with E-state index in [-0.39, 0.29) is 0 Å². The smallest absolute Gasteiger partial charge is 0.0407 e. The number of rotatable bonds is 0. The molecule has 4 heteroatoms. The predicted octanol–water partition coefficient (Wildman–Crippen LogP) is 6.51. The number of halogens is 4. The molecule has 84 valence electrons. The Morgan fingerprint density at radius 3 is 1.94 bits per heavy atom. The van der Waals surface area contributed by atoms with Crippen LogP contribution in [0.5, 0.6) is 0 Å². The second kappa shape index (κ2) is 4.71. The Morgan fingerprint density at radius 1 is 0.750 bits per heavy atom. The van der Waals surface area contributed by atoms with Gasteiger partial charge in [-0.25, -0.2) is 0 Å². The summed E-state index contributed by atoms with van der Waals surface area (Å²) in [5.74, 6) is 0. The number of hydrogen-bond acceptors (Lipinski definition) is 0. The van der Waals surface area contributed by atoms with Gasteiger partial charge < -0.3 is 0 Å². The minimum atomic E-state index is 1.07. The van der Waals surface area contributed by atoms with Crippen molar-refractivity contribution in [3.63, 3.8) is 0 Å². The summed E-state index contributed by atoms with van der Waals surface area (Å²) < 4.78 is 4.46. The van der Waals surface area contributed by atoms with Crippen LogP contribution in [-0.2, 0) is 0 Å². The van der Waals surface area contributed by atoms with Crippen molar-refractivity contribution in [1.82, 2.24) is 0 Å². The Kier molecular flexibility index (Phi) is 3.85. The van der Waals surface area contributed by atoms with E-state index in [0.29, 0.717) is 0 Å². The van der Waals surface area contributed by atoms with Gasteiger partial charge in [-0.3, -0.25) is 0 Å². The van der Waals surface area contributed by atoms with Gasteiger partial charge in [-0.05, 0) is 100 Å². The van der Waals surface area contributed by atoms with Crippen molar-refractivity contribution in [3.8, 4) is 0 Å². The molecule has 0 spiro atoms. The van der Waals surface area contributed by atoms with Gasteiger partial charge in [-0.15, -0.1) is 0 Å². The highest BCUT2D eigenvalue weighted by Gasteiger charge is 2.14. The Balaban J connectivity index is 3.09. The third-order valence-electron chi connectivity index (χ3n) is 2.77. The summed E-state index contributed by atoms with van der Waals surface area (Å²) >= 11 is 14.5. The molecule has 0 amide bonds. The molecular weight excluding hydrogens is 464 g/mol. The second-order valence-corrected chi connectivity index (χ2v) is 6.90. The lowest BCUT2D eigenvalue weighted by molar-refractivity contribution is 1.32. The zero-order chi connectivity index (χ0) is 12.0. The summed E-state index contributed by atoms with van der Waals surface area (Å²) in [5, 5.41) is 2.41. The highest BCUT2D eigenvalue weighted by molar-refractivity contribution is 9.13. The molecule has 0 atom stereocenters. The van der Waals surface area contributed by atoms with Crippen molar-refractivity contribution in [3.05, 3.63) is 41.2 Å². The zero-order valence-electron chi connectivity index (χ0n) is 8.67. The molecule has 0 nitrogen and oxygen atoms in total. The van der Waals surface area contributed by atoms with E-state index in [9.17, 15) is 0 Å². The molecule has 0 fully saturated rings. The molecule has 0 unspecified atom stereocenters. The Hall–Kier alpha value is 0.620. The van der Waals surface area contributed by atoms with E-state index < -0.39 is 0 Å². The Labute approximate surface area is 128 Å². The first-order chi connectivity index (χ1) is 7.45. The van der Waals surface area contributed by atoms with Crippen LogP contribution in [0.3, 0.4) is 0 Å². The first-order valence-corrected chi connectivity index (χ1v) is 7.84. The molecule has 2 aromatic rings. The van der Waals surface area contributed by atoms with E-state index in [4.69, 9.17) is 0 Å². The molecule has 0 N–H and O–H groups in total. The second-order valence-electron chi connectivity index (χ2n) is 3.66. The van der Waals surface area contributed by atoms with Gasteiger partial charge in [0, 0.05) is 23.3 Å². The average molecular weight is 472 g/mol. The van der Waals surface area contributed by atoms with Crippen LogP contribution in [0.2, 0.25) is 0 Å². The molecule has 0 saturated carbocycles. The maximum absolute atomic E-state index is 3.68. The molecule has 0 aliphatic heterocycles.